The van der Waals surface area contributed by atoms with Crippen LogP contribution in [-0.2, 0) is 4.84 Å². The summed E-state index contributed by atoms with van der Waals surface area (Å²) >= 11 is 0. The van der Waals surface area contributed by atoms with E-state index < -0.39 is 0 Å². The van der Waals surface area contributed by atoms with E-state index in [-0.39, 0.29) is 18.6 Å². The van der Waals surface area contributed by atoms with Gasteiger partial charge in [-0.2, -0.15) is 5.26 Å². The number of likely N-dealkylation sites (tertiary alicyclic amines) is 1. The average Bonchev–Trinajstić information content (AvgIpc) is 2.74. The van der Waals surface area contributed by atoms with Crippen molar-refractivity contribution >= 4 is 11.6 Å². The van der Waals surface area contributed by atoms with Gasteiger partial charge in [0, 0.05) is 5.56 Å². The van der Waals surface area contributed by atoms with Crippen LogP contribution in [0.5, 0.6) is 0 Å². The van der Waals surface area contributed by atoms with Crippen molar-refractivity contribution in [1.29, 1.82) is 5.26 Å². The Balaban J connectivity index is 1.85. The predicted octanol–water partition coefficient (Wildman–Crippen LogP) is 3.13. The van der Waals surface area contributed by atoms with Gasteiger partial charge in [-0.3, -0.25) is 4.79 Å². The minimum atomic E-state index is -0.225. The van der Waals surface area contributed by atoms with Crippen LogP contribution in [0.3, 0.4) is 0 Å². The van der Waals surface area contributed by atoms with Gasteiger partial charge in [0.1, 0.15) is 7.11 Å². The van der Waals surface area contributed by atoms with Crippen LogP contribution in [0.25, 0.3) is 11.1 Å². The van der Waals surface area contributed by atoms with Crippen LogP contribution in [0.2, 0.25) is 0 Å². The van der Waals surface area contributed by atoms with Gasteiger partial charge in [0.2, 0.25) is 0 Å². The zero-order valence-corrected chi connectivity index (χ0v) is 16.1. The van der Waals surface area contributed by atoms with Crippen LogP contribution in [0.4, 0.5) is 0 Å². The number of nitriles is 1. The van der Waals surface area contributed by atoms with Crippen molar-refractivity contribution < 1.29 is 14.7 Å². The first-order valence-electron chi connectivity index (χ1n) is 9.20. The van der Waals surface area contributed by atoms with Gasteiger partial charge in [0.15, 0.2) is 0 Å². The van der Waals surface area contributed by atoms with Crippen molar-refractivity contribution in [2.45, 2.75) is 25.8 Å². The fraction of sp³-hybridized carbons (Fsp3) is 0.318. The molecule has 1 saturated heterocycles. The summed E-state index contributed by atoms with van der Waals surface area (Å²) in [6, 6.07) is 14.9. The quantitative estimate of drug-likeness (QED) is 0.830. The van der Waals surface area contributed by atoms with Crippen molar-refractivity contribution in [2.75, 3.05) is 20.3 Å². The van der Waals surface area contributed by atoms with Crippen molar-refractivity contribution in [2.24, 2.45) is 5.16 Å². The lowest BCUT2D eigenvalue weighted by atomic mass is 9.95. The highest BCUT2D eigenvalue weighted by atomic mass is 16.6. The molecule has 0 spiro atoms. The summed E-state index contributed by atoms with van der Waals surface area (Å²) < 4.78 is 0. The minimum Gasteiger partial charge on any atom is -0.399 e. The third-order valence-electron chi connectivity index (χ3n) is 5.15. The first kappa shape index (κ1) is 19.6. The molecule has 1 N–H and O–H groups in total. The van der Waals surface area contributed by atoms with Gasteiger partial charge in [-0.05, 0) is 54.7 Å². The van der Waals surface area contributed by atoms with E-state index in [0.717, 1.165) is 22.4 Å². The molecule has 1 fully saturated rings. The van der Waals surface area contributed by atoms with E-state index in [1.165, 1.54) is 7.11 Å². The van der Waals surface area contributed by atoms with Gasteiger partial charge < -0.3 is 14.8 Å². The molecule has 6 nitrogen and oxygen atoms in total. The largest absolute Gasteiger partial charge is 0.399 e. The van der Waals surface area contributed by atoms with E-state index in [0.29, 0.717) is 30.5 Å². The molecule has 1 heterocycles. The Morgan fingerprint density at radius 2 is 2.07 bits per heavy atom. The zero-order valence-electron chi connectivity index (χ0n) is 16.1. The van der Waals surface area contributed by atoms with Crippen molar-refractivity contribution in [1.82, 2.24) is 4.90 Å². The first-order valence-corrected chi connectivity index (χ1v) is 9.20. The van der Waals surface area contributed by atoms with E-state index in [4.69, 9.17) is 4.84 Å². The molecule has 0 unspecified atom stereocenters. The number of carbonyl (C=O) groups excluding carboxylic acids is 1. The number of aliphatic hydroxyl groups is 1. The van der Waals surface area contributed by atoms with Crippen LogP contribution >= 0.6 is 0 Å². The van der Waals surface area contributed by atoms with Gasteiger partial charge in [-0.15, -0.1) is 0 Å². The zero-order chi connectivity index (χ0) is 20.1. The molecule has 0 aromatic heterocycles. The lowest BCUT2D eigenvalue weighted by Gasteiger charge is -2.35. The van der Waals surface area contributed by atoms with Crippen LogP contribution in [-0.4, -0.2) is 47.9 Å². The Kier molecular flexibility index (Phi) is 6.07. The van der Waals surface area contributed by atoms with Crippen LogP contribution in [0.1, 0.15) is 34.3 Å². The Morgan fingerprint density at radius 3 is 2.71 bits per heavy atom. The van der Waals surface area contributed by atoms with Crippen LogP contribution in [0, 0.1) is 18.3 Å². The van der Waals surface area contributed by atoms with Crippen molar-refractivity contribution in [3.05, 3.63) is 59.2 Å². The number of carbonyl (C=O) groups is 1. The Hall–Kier alpha value is -3.17. The third-order valence-corrected chi connectivity index (χ3v) is 5.15. The van der Waals surface area contributed by atoms with Crippen LogP contribution in [0.15, 0.2) is 47.6 Å². The average molecular weight is 377 g/mol. The lowest BCUT2D eigenvalue weighted by molar-refractivity contribution is 0.0593. The van der Waals surface area contributed by atoms with Gasteiger partial charge in [0.05, 0.1) is 36.5 Å². The topological polar surface area (TPSA) is 85.9 Å². The molecule has 2 aromatic carbocycles. The summed E-state index contributed by atoms with van der Waals surface area (Å²) in [7, 11) is 1.49. The second kappa shape index (κ2) is 8.68. The number of hydrogen-bond acceptors (Lipinski definition) is 5. The number of oxime groups is 1. The summed E-state index contributed by atoms with van der Waals surface area (Å²) in [5.74, 6) is -0.142. The van der Waals surface area contributed by atoms with Crippen LogP contribution < -0.4 is 0 Å². The van der Waals surface area contributed by atoms with Gasteiger partial charge in [0.25, 0.3) is 5.91 Å². The maximum Gasteiger partial charge on any atom is 0.254 e. The molecule has 0 saturated carbocycles. The van der Waals surface area contributed by atoms with E-state index in [1.807, 2.05) is 31.2 Å². The Labute approximate surface area is 164 Å². The SMILES string of the molecule is CO/N=C1\CC[C@@H](CO)N(C(=O)c2ccc(-c3cccc(C#N)c3C)cc2)C1. The molecule has 1 amide bonds. The normalized spacial score (nSPS) is 18.0. The van der Waals surface area contributed by atoms with Gasteiger partial charge in [-0.25, -0.2) is 0 Å². The number of rotatable bonds is 4. The number of nitrogens with zero attached hydrogens (tertiary/aromatic N) is 3. The monoisotopic (exact) mass is 377 g/mol. The number of amides is 1. The highest BCUT2D eigenvalue weighted by Gasteiger charge is 2.30. The first-order chi connectivity index (χ1) is 13.6. The molecule has 144 valence electrons. The predicted molar refractivity (Wildman–Crippen MR) is 107 cm³/mol. The highest BCUT2D eigenvalue weighted by Crippen LogP contribution is 2.26. The molecule has 1 aliphatic heterocycles. The molecule has 1 aliphatic rings. The second-order valence-corrected chi connectivity index (χ2v) is 6.82. The molecule has 1 atom stereocenters. The second-order valence-electron chi connectivity index (χ2n) is 6.82. The molecule has 0 bridgehead atoms. The van der Waals surface area contributed by atoms with Crippen molar-refractivity contribution in [3.63, 3.8) is 0 Å². The molecule has 3 rings (SSSR count). The maximum absolute atomic E-state index is 13.0. The lowest BCUT2D eigenvalue weighted by Crippen LogP contribution is -2.49. The summed E-state index contributed by atoms with van der Waals surface area (Å²) in [4.78, 5) is 19.5. The molecule has 6 heteroatoms. The number of aliphatic hydroxyl groups excluding tert-OH is 1. The Bertz CT molecular complexity index is 929. The standard InChI is InChI=1S/C22H23N3O3/c1-15-18(12-23)4-3-5-21(15)16-6-8-17(9-7-16)22(27)25-13-19(24-28-2)10-11-20(25)14-26/h3-9,20,26H,10-11,13-14H2,1-2H3/b24-19+/t20-/m0/s1. The number of hydrogen-bond donors (Lipinski definition) is 1. The smallest absolute Gasteiger partial charge is 0.254 e. The fourth-order valence-corrected chi connectivity index (χ4v) is 3.55. The third kappa shape index (κ3) is 3.90. The van der Waals surface area contributed by atoms with Gasteiger partial charge >= 0.3 is 0 Å². The highest BCUT2D eigenvalue weighted by molar-refractivity contribution is 5.99. The summed E-state index contributed by atoms with van der Waals surface area (Å²) in [6.07, 6.45) is 1.36. The van der Waals surface area contributed by atoms with E-state index in [9.17, 15) is 15.2 Å². The molecular formula is C22H23N3O3. The summed E-state index contributed by atoms with van der Waals surface area (Å²) in [5, 5.41) is 22.8. The van der Waals surface area contributed by atoms with Crippen molar-refractivity contribution in [3.8, 4) is 17.2 Å². The fourth-order valence-electron chi connectivity index (χ4n) is 3.55. The maximum atomic E-state index is 13.0. The molecule has 0 radical (unpaired) electrons. The molecule has 2 aromatic rings. The summed E-state index contributed by atoms with van der Waals surface area (Å²) in [6.45, 7) is 2.19. The minimum absolute atomic E-state index is 0.0791. The Morgan fingerprint density at radius 1 is 1.32 bits per heavy atom. The molecular weight excluding hydrogens is 354 g/mol. The summed E-state index contributed by atoms with van der Waals surface area (Å²) in [5.41, 5.74) is 4.82. The number of benzene rings is 2. The van der Waals surface area contributed by atoms with Gasteiger partial charge in [-0.1, -0.05) is 29.4 Å². The van der Waals surface area contributed by atoms with E-state index in [1.54, 1.807) is 23.1 Å². The molecule has 28 heavy (non-hydrogen) atoms. The number of piperidine rings is 1. The molecule has 0 aliphatic carbocycles. The van der Waals surface area contributed by atoms with E-state index >= 15 is 0 Å². The van der Waals surface area contributed by atoms with E-state index in [2.05, 4.69) is 11.2 Å².